The van der Waals surface area contributed by atoms with E-state index >= 15 is 0 Å². The van der Waals surface area contributed by atoms with Gasteiger partial charge in [0.25, 0.3) is 5.91 Å². The maximum atomic E-state index is 13.0. The zero-order chi connectivity index (χ0) is 25.5. The maximum absolute atomic E-state index is 13.0. The first kappa shape index (κ1) is 27.9. The molecule has 1 heterocycles. The van der Waals surface area contributed by atoms with E-state index in [-0.39, 0.29) is 29.8 Å². The lowest BCUT2D eigenvalue weighted by molar-refractivity contribution is -0.131. The van der Waals surface area contributed by atoms with Crippen molar-refractivity contribution in [1.82, 2.24) is 26.1 Å². The summed E-state index contributed by atoms with van der Waals surface area (Å²) in [5.74, 6) is -0.181. The molecule has 2 rings (SSSR count). The van der Waals surface area contributed by atoms with Crippen molar-refractivity contribution in [3.8, 4) is 10.6 Å². The van der Waals surface area contributed by atoms with Gasteiger partial charge in [0.2, 0.25) is 6.41 Å². The van der Waals surface area contributed by atoms with Gasteiger partial charge in [0, 0.05) is 36.0 Å². The van der Waals surface area contributed by atoms with E-state index in [4.69, 9.17) is 4.98 Å². The van der Waals surface area contributed by atoms with Crippen LogP contribution in [0.1, 0.15) is 52.8 Å². The minimum Gasteiger partial charge on any atom is -0.390 e. The van der Waals surface area contributed by atoms with Gasteiger partial charge in [-0.15, -0.1) is 11.3 Å². The fourth-order valence-electron chi connectivity index (χ4n) is 3.55. The van der Waals surface area contributed by atoms with Gasteiger partial charge in [-0.2, -0.15) is 0 Å². The summed E-state index contributed by atoms with van der Waals surface area (Å²) in [6.07, 6.45) is -0.288. The molecule has 2 aromatic rings. The SMILES string of the molecule is CNC(C(=O)NN(Cc1ccc(-c2nc(C(C)(C)C)cs2)cc1)CC(O)CNC=O)C(C)(C)C. The van der Waals surface area contributed by atoms with E-state index in [1.807, 2.05) is 45.0 Å². The topological polar surface area (TPSA) is 107 Å². The largest absolute Gasteiger partial charge is 0.390 e. The van der Waals surface area contributed by atoms with E-state index in [0.29, 0.717) is 13.0 Å². The lowest BCUT2D eigenvalue weighted by Gasteiger charge is -2.33. The highest BCUT2D eigenvalue weighted by Gasteiger charge is 2.31. The smallest absolute Gasteiger partial charge is 0.251 e. The first-order valence-corrected chi connectivity index (χ1v) is 12.4. The summed E-state index contributed by atoms with van der Waals surface area (Å²) < 4.78 is 0. The van der Waals surface area contributed by atoms with Crippen LogP contribution in [0, 0.1) is 5.41 Å². The molecular formula is C25H39N5O3S. The molecule has 2 unspecified atom stereocenters. The number of rotatable bonds is 11. The van der Waals surface area contributed by atoms with E-state index in [9.17, 15) is 14.7 Å². The van der Waals surface area contributed by atoms with Gasteiger partial charge in [0.1, 0.15) is 5.01 Å². The predicted octanol–water partition coefficient (Wildman–Crippen LogP) is 2.68. The molecule has 9 heteroatoms. The van der Waals surface area contributed by atoms with Crippen molar-refractivity contribution >= 4 is 23.7 Å². The van der Waals surface area contributed by atoms with Crippen molar-refractivity contribution in [1.29, 1.82) is 0 Å². The van der Waals surface area contributed by atoms with Crippen LogP contribution in [0.2, 0.25) is 0 Å². The average Bonchev–Trinajstić information content (AvgIpc) is 3.23. The first-order chi connectivity index (χ1) is 15.8. The Morgan fingerprint density at radius 1 is 1.18 bits per heavy atom. The second kappa shape index (κ2) is 11.9. The number of aliphatic hydroxyl groups is 1. The lowest BCUT2D eigenvalue weighted by atomic mass is 9.86. The van der Waals surface area contributed by atoms with Crippen LogP contribution in [0.25, 0.3) is 10.6 Å². The molecule has 0 bridgehead atoms. The molecule has 1 aromatic heterocycles. The van der Waals surface area contributed by atoms with Gasteiger partial charge in [-0.25, -0.2) is 9.99 Å². The van der Waals surface area contributed by atoms with Crippen LogP contribution in [0.5, 0.6) is 0 Å². The number of nitrogens with zero attached hydrogens (tertiary/aromatic N) is 2. The molecule has 0 fully saturated rings. The quantitative estimate of drug-likeness (QED) is 0.286. The molecule has 2 atom stereocenters. The van der Waals surface area contributed by atoms with Crippen LogP contribution >= 0.6 is 11.3 Å². The Morgan fingerprint density at radius 3 is 2.32 bits per heavy atom. The zero-order valence-corrected chi connectivity index (χ0v) is 22.1. The number of benzene rings is 1. The van der Waals surface area contributed by atoms with Gasteiger partial charge in [-0.3, -0.25) is 15.0 Å². The summed E-state index contributed by atoms with van der Waals surface area (Å²) in [5.41, 5.74) is 5.75. The molecule has 0 radical (unpaired) electrons. The number of amides is 2. The van der Waals surface area contributed by atoms with Crippen LogP contribution in [0.15, 0.2) is 29.6 Å². The van der Waals surface area contributed by atoms with Crippen LogP contribution in [-0.2, 0) is 21.5 Å². The average molecular weight is 490 g/mol. The molecule has 0 aliphatic heterocycles. The summed E-state index contributed by atoms with van der Waals surface area (Å²) in [7, 11) is 1.76. The number of likely N-dealkylation sites (N-methyl/N-ethyl adjacent to an activating group) is 1. The van der Waals surface area contributed by atoms with Gasteiger partial charge >= 0.3 is 0 Å². The monoisotopic (exact) mass is 489 g/mol. The maximum Gasteiger partial charge on any atom is 0.251 e. The van der Waals surface area contributed by atoms with Gasteiger partial charge in [-0.1, -0.05) is 65.8 Å². The summed E-state index contributed by atoms with van der Waals surface area (Å²) in [6, 6.07) is 7.64. The summed E-state index contributed by atoms with van der Waals surface area (Å²) >= 11 is 1.63. The molecule has 1 aromatic carbocycles. The highest BCUT2D eigenvalue weighted by Crippen LogP contribution is 2.30. The Labute approximate surface area is 207 Å². The van der Waals surface area contributed by atoms with E-state index in [1.165, 1.54) is 0 Å². The summed E-state index contributed by atoms with van der Waals surface area (Å²) in [5, 5.41) is 20.6. The number of thiazole rings is 1. The number of aromatic nitrogens is 1. The third kappa shape index (κ3) is 8.16. The molecule has 8 nitrogen and oxygen atoms in total. The highest BCUT2D eigenvalue weighted by atomic mass is 32.1. The number of aliphatic hydroxyl groups excluding tert-OH is 1. The fourth-order valence-corrected chi connectivity index (χ4v) is 4.61. The van der Waals surface area contributed by atoms with Crippen molar-refractivity contribution in [2.45, 2.75) is 65.6 Å². The predicted molar refractivity (Wildman–Crippen MR) is 137 cm³/mol. The van der Waals surface area contributed by atoms with Gasteiger partial charge in [0.05, 0.1) is 17.8 Å². The standard InChI is InChI=1S/C25H39N5O3S/c1-24(2,3)20-15-34-23(28-20)18-10-8-17(9-11-18)13-30(14-19(32)12-27-16-31)29-22(33)21(26-7)25(4,5)6/h8-11,15-16,19,21,26,32H,12-14H2,1-7H3,(H,27,31)(H,29,33). The third-order valence-corrected chi connectivity index (χ3v) is 6.29. The van der Waals surface area contributed by atoms with E-state index in [2.05, 4.69) is 42.2 Å². The van der Waals surface area contributed by atoms with Crippen molar-refractivity contribution in [3.05, 3.63) is 40.9 Å². The zero-order valence-electron chi connectivity index (χ0n) is 21.3. The number of hydrazine groups is 1. The normalized spacial score (nSPS) is 14.0. The van der Waals surface area contributed by atoms with Crippen LogP contribution in [0.3, 0.4) is 0 Å². The van der Waals surface area contributed by atoms with Crippen molar-refractivity contribution < 1.29 is 14.7 Å². The highest BCUT2D eigenvalue weighted by molar-refractivity contribution is 7.13. The van der Waals surface area contributed by atoms with Crippen LogP contribution < -0.4 is 16.1 Å². The van der Waals surface area contributed by atoms with Crippen LogP contribution in [-0.4, -0.2) is 59.7 Å². The molecule has 0 aliphatic rings. The van der Waals surface area contributed by atoms with E-state index in [0.717, 1.165) is 21.8 Å². The molecule has 0 spiro atoms. The second-order valence-corrected chi connectivity index (χ2v) is 11.5. The Balaban J connectivity index is 2.17. The number of hydrogen-bond donors (Lipinski definition) is 4. The molecule has 0 saturated carbocycles. The molecule has 34 heavy (non-hydrogen) atoms. The minimum absolute atomic E-state index is 0.00516. The minimum atomic E-state index is -0.835. The fraction of sp³-hybridized carbons (Fsp3) is 0.560. The van der Waals surface area contributed by atoms with E-state index in [1.54, 1.807) is 23.4 Å². The second-order valence-electron chi connectivity index (χ2n) is 10.6. The van der Waals surface area contributed by atoms with E-state index < -0.39 is 12.1 Å². The summed E-state index contributed by atoms with van der Waals surface area (Å²) in [6.45, 7) is 13.1. The lowest BCUT2D eigenvalue weighted by Crippen LogP contribution is -2.56. The molecule has 0 saturated heterocycles. The molecule has 4 N–H and O–H groups in total. The Bertz CT molecular complexity index is 931. The number of carbonyl (C=O) groups is 2. The van der Waals surface area contributed by atoms with Crippen molar-refractivity contribution in [3.63, 3.8) is 0 Å². The molecule has 2 amide bonds. The van der Waals surface area contributed by atoms with Crippen LogP contribution in [0.4, 0.5) is 0 Å². The third-order valence-electron chi connectivity index (χ3n) is 5.40. The van der Waals surface area contributed by atoms with Gasteiger partial charge in [0.15, 0.2) is 0 Å². The molecule has 188 valence electrons. The Kier molecular flexibility index (Phi) is 9.75. The van der Waals surface area contributed by atoms with Crippen molar-refractivity contribution in [2.75, 3.05) is 20.1 Å². The number of hydrogen-bond acceptors (Lipinski definition) is 7. The Hall–Kier alpha value is -2.33. The van der Waals surface area contributed by atoms with Crippen molar-refractivity contribution in [2.24, 2.45) is 5.41 Å². The molecule has 0 aliphatic carbocycles. The first-order valence-electron chi connectivity index (χ1n) is 11.5. The summed E-state index contributed by atoms with van der Waals surface area (Å²) in [4.78, 5) is 28.3. The van der Waals surface area contributed by atoms with Gasteiger partial charge < -0.3 is 15.7 Å². The number of carbonyl (C=O) groups excluding carboxylic acids is 2. The van der Waals surface area contributed by atoms with Gasteiger partial charge in [-0.05, 0) is 18.0 Å². The number of nitrogens with one attached hydrogen (secondary N) is 3. The Morgan fingerprint density at radius 2 is 1.82 bits per heavy atom. The molecular weight excluding hydrogens is 450 g/mol.